The number of hydrogen-bond donors (Lipinski definition) is 1. The smallest absolute Gasteiger partial charge is 0.0708 e. The van der Waals surface area contributed by atoms with Crippen molar-refractivity contribution in [3.05, 3.63) is 0 Å². The Bertz CT molecular complexity index is 237. The van der Waals surface area contributed by atoms with Crippen LogP contribution < -0.4 is 5.32 Å². The van der Waals surface area contributed by atoms with Crippen LogP contribution in [0.4, 0.5) is 0 Å². The third-order valence-electron chi connectivity index (χ3n) is 4.43. The van der Waals surface area contributed by atoms with Crippen molar-refractivity contribution in [1.82, 2.24) is 10.2 Å². The van der Waals surface area contributed by atoms with Crippen LogP contribution >= 0.6 is 0 Å². The Kier molecular flexibility index (Phi) is 5.46. The fourth-order valence-corrected chi connectivity index (χ4v) is 3.37. The van der Waals surface area contributed by atoms with Gasteiger partial charge in [0.1, 0.15) is 0 Å². The van der Waals surface area contributed by atoms with E-state index in [0.29, 0.717) is 11.7 Å². The molecule has 3 nitrogen and oxygen atoms in total. The van der Waals surface area contributed by atoms with Crippen molar-refractivity contribution in [1.29, 1.82) is 0 Å². The summed E-state index contributed by atoms with van der Waals surface area (Å²) in [7, 11) is 4.28. The lowest BCUT2D eigenvalue weighted by Gasteiger charge is -2.24. The van der Waals surface area contributed by atoms with Gasteiger partial charge < -0.3 is 15.0 Å². The van der Waals surface area contributed by atoms with E-state index in [2.05, 4.69) is 24.3 Å². The summed E-state index contributed by atoms with van der Waals surface area (Å²) in [4.78, 5) is 2.25. The number of unbranched alkanes of at least 4 members (excludes halogenated alkanes) is 1. The van der Waals surface area contributed by atoms with Gasteiger partial charge in [0.15, 0.2) is 0 Å². The van der Waals surface area contributed by atoms with Crippen molar-refractivity contribution in [2.75, 3.05) is 33.7 Å². The molecule has 18 heavy (non-hydrogen) atoms. The van der Waals surface area contributed by atoms with E-state index >= 15 is 0 Å². The van der Waals surface area contributed by atoms with Gasteiger partial charge in [0.05, 0.1) is 11.7 Å². The molecule has 1 saturated heterocycles. The molecular weight excluding hydrogens is 224 g/mol. The van der Waals surface area contributed by atoms with Crippen molar-refractivity contribution in [2.45, 2.75) is 63.1 Å². The van der Waals surface area contributed by atoms with E-state index in [-0.39, 0.29) is 0 Å². The zero-order valence-electron chi connectivity index (χ0n) is 12.2. The van der Waals surface area contributed by atoms with Gasteiger partial charge in [-0.2, -0.15) is 0 Å². The highest BCUT2D eigenvalue weighted by molar-refractivity contribution is 4.93. The maximum atomic E-state index is 6.28. The van der Waals surface area contributed by atoms with Crippen LogP contribution in [0, 0.1) is 0 Å². The maximum absolute atomic E-state index is 6.28. The molecule has 1 aliphatic carbocycles. The zero-order valence-corrected chi connectivity index (χ0v) is 12.2. The zero-order chi connectivity index (χ0) is 12.8. The molecule has 2 fully saturated rings. The number of hydrogen-bond acceptors (Lipinski definition) is 3. The monoisotopic (exact) mass is 254 g/mol. The Labute approximate surface area is 112 Å². The van der Waals surface area contributed by atoms with E-state index in [9.17, 15) is 0 Å². The van der Waals surface area contributed by atoms with Crippen LogP contribution in [0.2, 0.25) is 0 Å². The predicted molar refractivity (Wildman–Crippen MR) is 76.0 cm³/mol. The summed E-state index contributed by atoms with van der Waals surface area (Å²) in [5.41, 5.74) is 0.303. The van der Waals surface area contributed by atoms with Crippen molar-refractivity contribution in [3.8, 4) is 0 Å². The van der Waals surface area contributed by atoms with Gasteiger partial charge >= 0.3 is 0 Å². The molecule has 0 amide bonds. The molecule has 106 valence electrons. The van der Waals surface area contributed by atoms with Gasteiger partial charge in [-0.3, -0.25) is 0 Å². The van der Waals surface area contributed by atoms with E-state index in [1.54, 1.807) is 0 Å². The molecular formula is C15H30N2O. The summed E-state index contributed by atoms with van der Waals surface area (Å²) in [6.45, 7) is 3.40. The van der Waals surface area contributed by atoms with Crippen LogP contribution in [0.1, 0.15) is 51.4 Å². The minimum atomic E-state index is 0.303. The highest BCUT2D eigenvalue weighted by atomic mass is 16.5. The average molecular weight is 254 g/mol. The number of nitrogens with one attached hydrogen (secondary N) is 1. The number of ether oxygens (including phenoxy) is 1. The van der Waals surface area contributed by atoms with Crippen LogP contribution in [-0.4, -0.2) is 50.3 Å². The van der Waals surface area contributed by atoms with Gasteiger partial charge in [-0.15, -0.1) is 0 Å². The average Bonchev–Trinajstić information content (AvgIpc) is 2.95. The molecule has 0 aromatic rings. The summed E-state index contributed by atoms with van der Waals surface area (Å²) in [5, 5.41) is 3.56. The molecule has 0 aromatic carbocycles. The summed E-state index contributed by atoms with van der Waals surface area (Å²) in [6, 6.07) is 0. The topological polar surface area (TPSA) is 24.5 Å². The molecule has 3 heteroatoms. The van der Waals surface area contributed by atoms with Crippen LogP contribution in [0.15, 0.2) is 0 Å². The Balaban J connectivity index is 1.50. The molecule has 1 atom stereocenters. The molecule has 1 spiro atoms. The summed E-state index contributed by atoms with van der Waals surface area (Å²) < 4.78 is 6.28. The Morgan fingerprint density at radius 1 is 1.17 bits per heavy atom. The second-order valence-corrected chi connectivity index (χ2v) is 6.38. The molecule has 0 bridgehead atoms. The van der Waals surface area contributed by atoms with Crippen molar-refractivity contribution in [2.24, 2.45) is 0 Å². The minimum absolute atomic E-state index is 0.303. The first kappa shape index (κ1) is 14.3. The molecule has 2 aliphatic rings. The summed E-state index contributed by atoms with van der Waals surface area (Å²) in [6.07, 6.45) is 11.0. The van der Waals surface area contributed by atoms with Gasteiger partial charge in [0, 0.05) is 6.54 Å². The van der Waals surface area contributed by atoms with E-state index in [1.807, 2.05) is 0 Å². The molecule has 1 N–H and O–H groups in total. The predicted octanol–water partition coefficient (Wildman–Crippen LogP) is 2.41. The first-order chi connectivity index (χ1) is 8.70. The lowest BCUT2D eigenvalue weighted by atomic mass is 9.98. The standard InChI is InChI=1S/C15H30N2O/c1-17(2)12-6-5-11-16-13-14-7-10-15(18-14)8-3-4-9-15/h14,16H,3-13H2,1-2H3. The number of nitrogens with zero attached hydrogens (tertiary/aromatic N) is 1. The minimum Gasteiger partial charge on any atom is -0.370 e. The highest BCUT2D eigenvalue weighted by Crippen LogP contribution is 2.43. The fraction of sp³-hybridized carbons (Fsp3) is 1.00. The van der Waals surface area contributed by atoms with Crippen molar-refractivity contribution >= 4 is 0 Å². The van der Waals surface area contributed by atoms with Crippen molar-refractivity contribution < 1.29 is 4.74 Å². The molecule has 0 aromatic heterocycles. The fourth-order valence-electron chi connectivity index (χ4n) is 3.37. The summed E-state index contributed by atoms with van der Waals surface area (Å²) in [5.74, 6) is 0. The van der Waals surface area contributed by atoms with Gasteiger partial charge in [0.2, 0.25) is 0 Å². The Morgan fingerprint density at radius 2 is 1.94 bits per heavy atom. The van der Waals surface area contributed by atoms with Crippen molar-refractivity contribution in [3.63, 3.8) is 0 Å². The molecule has 2 rings (SSSR count). The SMILES string of the molecule is CN(C)CCCCNCC1CCC2(CCCC2)O1. The lowest BCUT2D eigenvalue weighted by molar-refractivity contribution is -0.0350. The molecule has 1 saturated carbocycles. The Morgan fingerprint density at radius 3 is 2.67 bits per heavy atom. The van der Waals surface area contributed by atoms with E-state index in [1.165, 1.54) is 57.9 Å². The molecule has 1 unspecified atom stereocenters. The van der Waals surface area contributed by atoms with E-state index < -0.39 is 0 Å². The maximum Gasteiger partial charge on any atom is 0.0708 e. The first-order valence-corrected chi connectivity index (χ1v) is 7.73. The van der Waals surface area contributed by atoms with Crippen LogP contribution in [0.3, 0.4) is 0 Å². The third-order valence-corrected chi connectivity index (χ3v) is 4.43. The highest BCUT2D eigenvalue weighted by Gasteiger charge is 2.41. The molecule has 0 radical (unpaired) electrons. The van der Waals surface area contributed by atoms with Crippen LogP contribution in [0.5, 0.6) is 0 Å². The van der Waals surface area contributed by atoms with E-state index in [4.69, 9.17) is 4.74 Å². The quantitative estimate of drug-likeness (QED) is 0.706. The van der Waals surface area contributed by atoms with Gasteiger partial charge in [0.25, 0.3) is 0 Å². The van der Waals surface area contributed by atoms with E-state index in [0.717, 1.165) is 13.1 Å². The first-order valence-electron chi connectivity index (χ1n) is 7.73. The Hall–Kier alpha value is -0.120. The van der Waals surface area contributed by atoms with Crippen LogP contribution in [-0.2, 0) is 4.74 Å². The number of rotatable bonds is 7. The van der Waals surface area contributed by atoms with Gasteiger partial charge in [-0.25, -0.2) is 0 Å². The van der Waals surface area contributed by atoms with Gasteiger partial charge in [-0.1, -0.05) is 12.8 Å². The lowest BCUT2D eigenvalue weighted by Crippen LogP contribution is -2.31. The summed E-state index contributed by atoms with van der Waals surface area (Å²) >= 11 is 0. The third kappa shape index (κ3) is 4.22. The molecule has 1 heterocycles. The normalized spacial score (nSPS) is 26.5. The van der Waals surface area contributed by atoms with Crippen LogP contribution in [0.25, 0.3) is 0 Å². The second-order valence-electron chi connectivity index (χ2n) is 6.38. The molecule has 1 aliphatic heterocycles. The largest absolute Gasteiger partial charge is 0.370 e. The second kappa shape index (κ2) is 6.88. The van der Waals surface area contributed by atoms with Gasteiger partial charge in [-0.05, 0) is 65.7 Å².